The lowest BCUT2D eigenvalue weighted by molar-refractivity contribution is -0.274. The average Bonchev–Trinajstić information content (AvgIpc) is 2.85. The van der Waals surface area contributed by atoms with Gasteiger partial charge in [0.05, 0.1) is 19.9 Å². The van der Waals surface area contributed by atoms with E-state index in [0.717, 1.165) is 5.56 Å². The van der Waals surface area contributed by atoms with E-state index in [9.17, 15) is 13.2 Å². The highest BCUT2D eigenvalue weighted by Gasteiger charge is 2.31. The summed E-state index contributed by atoms with van der Waals surface area (Å²) in [6, 6.07) is 3.90. The van der Waals surface area contributed by atoms with E-state index < -0.39 is 6.36 Å². The lowest BCUT2D eigenvalue weighted by Crippen LogP contribution is -2.17. The number of rotatable bonds is 5. The van der Waals surface area contributed by atoms with Gasteiger partial charge < -0.3 is 15.2 Å². The summed E-state index contributed by atoms with van der Waals surface area (Å²) in [7, 11) is 1.38. The molecule has 0 spiro atoms. The number of nitrogens with zero attached hydrogens (tertiary/aromatic N) is 2. The number of alkyl halides is 3. The molecule has 0 aliphatic carbocycles. The summed E-state index contributed by atoms with van der Waals surface area (Å²) in [6.07, 6.45) is -1.40. The van der Waals surface area contributed by atoms with Gasteiger partial charge in [-0.2, -0.15) is 5.10 Å². The Hall–Kier alpha value is -1.93. The topological polar surface area (TPSA) is 62.3 Å². The molecule has 0 aliphatic heterocycles. The molecule has 1 heterocycles. The van der Waals surface area contributed by atoms with E-state index in [4.69, 9.17) is 10.5 Å². The molecule has 0 fully saturated rings. The monoisotopic (exact) mass is 337 g/mol. The van der Waals surface area contributed by atoms with Gasteiger partial charge in [-0.25, -0.2) is 0 Å². The van der Waals surface area contributed by atoms with Crippen molar-refractivity contribution in [3.8, 4) is 22.6 Å². The first-order chi connectivity index (χ1) is 9.93. The summed E-state index contributed by atoms with van der Waals surface area (Å²) >= 11 is 0. The third-order valence-corrected chi connectivity index (χ3v) is 2.71. The predicted octanol–water partition coefficient (Wildman–Crippen LogP) is 2.84. The van der Waals surface area contributed by atoms with Gasteiger partial charge in [0.2, 0.25) is 0 Å². The molecule has 0 saturated carbocycles. The van der Waals surface area contributed by atoms with Crippen LogP contribution < -0.4 is 15.2 Å². The summed E-state index contributed by atoms with van der Waals surface area (Å²) in [5, 5.41) is 4.11. The standard InChI is InChI=1S/C13H14F3N3O2.ClH/c1-20-12-6-10(21-13(14,15)16)2-3-11(12)9-7-18-19(8-9)5-4-17;/h2-3,6-8H,4-5,17H2,1H3;1H. The normalized spacial score (nSPS) is 11.0. The van der Waals surface area contributed by atoms with E-state index in [1.165, 1.54) is 25.3 Å². The molecule has 5 nitrogen and oxygen atoms in total. The molecular formula is C13H15ClF3N3O2. The van der Waals surface area contributed by atoms with E-state index >= 15 is 0 Å². The van der Waals surface area contributed by atoms with Crippen LogP contribution in [0, 0.1) is 0 Å². The van der Waals surface area contributed by atoms with Crippen molar-refractivity contribution in [1.29, 1.82) is 0 Å². The third kappa shape index (κ3) is 4.54. The minimum atomic E-state index is -4.74. The number of hydrogen-bond acceptors (Lipinski definition) is 4. The van der Waals surface area contributed by atoms with Gasteiger partial charge in [0, 0.05) is 29.9 Å². The number of ether oxygens (including phenoxy) is 2. The van der Waals surface area contributed by atoms with Crippen molar-refractivity contribution in [2.45, 2.75) is 12.9 Å². The zero-order chi connectivity index (χ0) is 15.5. The number of hydrogen-bond donors (Lipinski definition) is 1. The number of halogens is 4. The molecule has 2 aromatic rings. The number of benzene rings is 1. The number of aromatic nitrogens is 2. The van der Waals surface area contributed by atoms with Gasteiger partial charge in [0.15, 0.2) is 0 Å². The Morgan fingerprint density at radius 2 is 2.05 bits per heavy atom. The van der Waals surface area contributed by atoms with E-state index in [0.29, 0.717) is 18.7 Å². The highest BCUT2D eigenvalue weighted by atomic mass is 35.5. The lowest BCUT2D eigenvalue weighted by atomic mass is 10.1. The molecule has 0 saturated heterocycles. The second-order valence-corrected chi connectivity index (χ2v) is 4.19. The molecule has 0 bridgehead atoms. The summed E-state index contributed by atoms with van der Waals surface area (Å²) in [5.74, 6) is -0.0681. The molecular weight excluding hydrogens is 323 g/mol. The lowest BCUT2D eigenvalue weighted by Gasteiger charge is -2.12. The van der Waals surface area contributed by atoms with E-state index in [-0.39, 0.29) is 23.9 Å². The molecule has 2 N–H and O–H groups in total. The minimum Gasteiger partial charge on any atom is -0.496 e. The van der Waals surface area contributed by atoms with Crippen LogP contribution in [-0.2, 0) is 6.54 Å². The Morgan fingerprint density at radius 3 is 2.64 bits per heavy atom. The van der Waals surface area contributed by atoms with Gasteiger partial charge in [-0.3, -0.25) is 4.68 Å². The predicted molar refractivity (Wildman–Crippen MR) is 77.2 cm³/mol. The van der Waals surface area contributed by atoms with Gasteiger partial charge in [-0.15, -0.1) is 25.6 Å². The van der Waals surface area contributed by atoms with Crippen molar-refractivity contribution in [2.24, 2.45) is 5.73 Å². The minimum absolute atomic E-state index is 0. The van der Waals surface area contributed by atoms with Gasteiger partial charge in [0.25, 0.3) is 0 Å². The van der Waals surface area contributed by atoms with Crippen molar-refractivity contribution in [3.63, 3.8) is 0 Å². The van der Waals surface area contributed by atoms with Crippen LogP contribution in [0.2, 0.25) is 0 Å². The second kappa shape index (κ2) is 7.37. The Bertz CT molecular complexity index is 617. The smallest absolute Gasteiger partial charge is 0.496 e. The summed E-state index contributed by atoms with van der Waals surface area (Å²) in [5.41, 5.74) is 6.78. The van der Waals surface area contributed by atoms with E-state index in [1.54, 1.807) is 17.1 Å². The first-order valence-electron chi connectivity index (χ1n) is 6.09. The molecule has 1 aromatic carbocycles. The average molecular weight is 338 g/mol. The van der Waals surface area contributed by atoms with Gasteiger partial charge in [-0.1, -0.05) is 0 Å². The third-order valence-electron chi connectivity index (χ3n) is 2.71. The van der Waals surface area contributed by atoms with Crippen LogP contribution in [0.3, 0.4) is 0 Å². The van der Waals surface area contributed by atoms with Crippen LogP contribution in [0.1, 0.15) is 0 Å². The Kier molecular flexibility index (Phi) is 6.07. The first-order valence-corrected chi connectivity index (χ1v) is 6.09. The second-order valence-electron chi connectivity index (χ2n) is 4.19. The van der Waals surface area contributed by atoms with Crippen molar-refractivity contribution < 1.29 is 22.6 Å². The first kappa shape index (κ1) is 18.1. The van der Waals surface area contributed by atoms with E-state index in [2.05, 4.69) is 9.84 Å². The molecule has 2 rings (SSSR count). The van der Waals surface area contributed by atoms with E-state index in [1.807, 2.05) is 0 Å². The molecule has 22 heavy (non-hydrogen) atoms. The van der Waals surface area contributed by atoms with Crippen molar-refractivity contribution in [2.75, 3.05) is 13.7 Å². The quantitative estimate of drug-likeness (QED) is 0.911. The maximum atomic E-state index is 12.2. The molecule has 0 aliphatic rings. The zero-order valence-electron chi connectivity index (χ0n) is 11.6. The van der Waals surface area contributed by atoms with Crippen LogP contribution >= 0.6 is 12.4 Å². The maximum Gasteiger partial charge on any atom is 0.573 e. The zero-order valence-corrected chi connectivity index (χ0v) is 12.4. The Morgan fingerprint density at radius 1 is 1.32 bits per heavy atom. The Labute approximate surface area is 131 Å². The maximum absolute atomic E-state index is 12.2. The molecule has 0 amide bonds. The van der Waals surface area contributed by atoms with Crippen LogP contribution in [0.4, 0.5) is 13.2 Å². The summed E-state index contributed by atoms with van der Waals surface area (Å²) in [4.78, 5) is 0. The van der Waals surface area contributed by atoms with Gasteiger partial charge in [0.1, 0.15) is 11.5 Å². The van der Waals surface area contributed by atoms with Crippen LogP contribution in [0.5, 0.6) is 11.5 Å². The molecule has 1 aromatic heterocycles. The van der Waals surface area contributed by atoms with Gasteiger partial charge in [-0.05, 0) is 12.1 Å². The molecule has 0 radical (unpaired) electrons. The molecule has 9 heteroatoms. The number of methoxy groups -OCH3 is 1. The van der Waals surface area contributed by atoms with Crippen molar-refractivity contribution in [3.05, 3.63) is 30.6 Å². The summed E-state index contributed by atoms with van der Waals surface area (Å²) < 4.78 is 47.2. The van der Waals surface area contributed by atoms with Gasteiger partial charge >= 0.3 is 6.36 Å². The highest BCUT2D eigenvalue weighted by molar-refractivity contribution is 5.85. The number of nitrogens with two attached hydrogens (primary N) is 1. The fourth-order valence-electron chi connectivity index (χ4n) is 1.86. The SMILES string of the molecule is COc1cc(OC(F)(F)F)ccc1-c1cnn(CCN)c1.Cl. The molecule has 0 atom stereocenters. The van der Waals surface area contributed by atoms with Crippen LogP contribution in [-0.4, -0.2) is 29.8 Å². The van der Waals surface area contributed by atoms with Crippen molar-refractivity contribution in [1.82, 2.24) is 9.78 Å². The fraction of sp³-hybridized carbons (Fsp3) is 0.308. The van der Waals surface area contributed by atoms with Crippen LogP contribution in [0.15, 0.2) is 30.6 Å². The highest BCUT2D eigenvalue weighted by Crippen LogP contribution is 2.34. The van der Waals surface area contributed by atoms with Crippen LogP contribution in [0.25, 0.3) is 11.1 Å². The fourth-order valence-corrected chi connectivity index (χ4v) is 1.86. The Balaban J connectivity index is 0.00000242. The van der Waals surface area contributed by atoms with Crippen molar-refractivity contribution >= 4 is 12.4 Å². The molecule has 122 valence electrons. The molecule has 0 unspecified atom stereocenters. The largest absolute Gasteiger partial charge is 0.573 e. The summed E-state index contributed by atoms with van der Waals surface area (Å²) in [6.45, 7) is 0.994.